The molecule has 1 fully saturated rings. The molecule has 25 heavy (non-hydrogen) atoms. The minimum Gasteiger partial charge on any atom is -0.241 e. The third-order valence-corrected chi connectivity index (χ3v) is 6.13. The predicted octanol–water partition coefficient (Wildman–Crippen LogP) is 2.23. The molecule has 0 spiro atoms. The number of aromatic nitrogens is 2. The molecule has 0 bridgehead atoms. The average molecular weight is 362 g/mol. The Balaban J connectivity index is 1.53. The predicted molar refractivity (Wildman–Crippen MR) is 98.7 cm³/mol. The van der Waals surface area contributed by atoms with Gasteiger partial charge in [0.25, 0.3) is 10.2 Å². The Hall–Kier alpha value is -1.70. The number of hydrogen-bond acceptors (Lipinski definition) is 3. The minimum absolute atomic E-state index is 0.405. The van der Waals surface area contributed by atoms with E-state index in [1.807, 2.05) is 36.5 Å². The monoisotopic (exact) mass is 362 g/mol. The highest BCUT2D eigenvalue weighted by atomic mass is 32.2. The number of benzene rings is 1. The fourth-order valence-corrected chi connectivity index (χ4v) is 4.90. The van der Waals surface area contributed by atoms with E-state index in [1.165, 1.54) is 0 Å². The first-order valence-electron chi connectivity index (χ1n) is 8.78. The van der Waals surface area contributed by atoms with Crippen molar-refractivity contribution < 1.29 is 8.42 Å². The first-order valence-corrected chi connectivity index (χ1v) is 10.2. The molecule has 0 radical (unpaired) electrons. The van der Waals surface area contributed by atoms with Crippen molar-refractivity contribution in [2.24, 2.45) is 11.8 Å². The minimum atomic E-state index is -3.39. The first kappa shape index (κ1) is 18.1. The SMILES string of the molecule is CC1CC(C)CN(S(=O)(=O)NCCc2ccc(-n3cccn3)cc2)C1. The number of nitrogens with zero attached hydrogens (tertiary/aromatic N) is 3. The fraction of sp³-hybridized carbons (Fsp3) is 0.500. The van der Waals surface area contributed by atoms with Gasteiger partial charge in [-0.3, -0.25) is 0 Å². The van der Waals surface area contributed by atoms with Crippen LogP contribution in [0.4, 0.5) is 0 Å². The lowest BCUT2D eigenvalue weighted by Gasteiger charge is -2.33. The molecule has 1 aliphatic rings. The standard InChI is InChI=1S/C18H26N4O2S/c1-15-12-16(2)14-21(13-15)25(23,24)20-10-8-17-4-6-18(7-5-17)22-11-3-9-19-22/h3-7,9,11,15-16,20H,8,10,12-14H2,1-2H3. The number of hydrogen-bond donors (Lipinski definition) is 1. The van der Waals surface area contributed by atoms with E-state index < -0.39 is 10.2 Å². The molecule has 2 atom stereocenters. The quantitative estimate of drug-likeness (QED) is 0.857. The van der Waals surface area contributed by atoms with Crippen LogP contribution in [0.2, 0.25) is 0 Å². The van der Waals surface area contributed by atoms with Crippen LogP contribution in [0, 0.1) is 11.8 Å². The molecule has 6 nitrogen and oxygen atoms in total. The highest BCUT2D eigenvalue weighted by Gasteiger charge is 2.29. The molecule has 2 aromatic rings. The van der Waals surface area contributed by atoms with Gasteiger partial charge in [-0.15, -0.1) is 0 Å². The summed E-state index contributed by atoms with van der Waals surface area (Å²) in [6, 6.07) is 9.88. The maximum absolute atomic E-state index is 12.5. The van der Waals surface area contributed by atoms with E-state index >= 15 is 0 Å². The number of nitrogens with one attached hydrogen (secondary N) is 1. The molecule has 2 heterocycles. The lowest BCUT2D eigenvalue weighted by molar-refractivity contribution is 0.220. The summed E-state index contributed by atoms with van der Waals surface area (Å²) in [5.74, 6) is 0.824. The molecule has 0 aliphatic carbocycles. The van der Waals surface area contributed by atoms with Gasteiger partial charge in [-0.2, -0.15) is 17.8 Å². The highest BCUT2D eigenvalue weighted by Crippen LogP contribution is 2.22. The van der Waals surface area contributed by atoms with Gasteiger partial charge in [0, 0.05) is 32.0 Å². The van der Waals surface area contributed by atoms with Gasteiger partial charge in [0.2, 0.25) is 0 Å². The molecule has 0 amide bonds. The zero-order chi connectivity index (χ0) is 17.9. The average Bonchev–Trinajstić information content (AvgIpc) is 3.09. The summed E-state index contributed by atoms with van der Waals surface area (Å²) in [5, 5.41) is 4.19. The summed E-state index contributed by atoms with van der Waals surface area (Å²) >= 11 is 0. The molecule has 1 N–H and O–H groups in total. The molecule has 1 aliphatic heterocycles. The lowest BCUT2D eigenvalue weighted by Crippen LogP contribution is -2.48. The van der Waals surface area contributed by atoms with Crippen molar-refractivity contribution in [2.75, 3.05) is 19.6 Å². The second-order valence-electron chi connectivity index (χ2n) is 7.03. The van der Waals surface area contributed by atoms with Gasteiger partial charge in [0.05, 0.1) is 5.69 Å². The summed E-state index contributed by atoms with van der Waals surface area (Å²) < 4.78 is 31.1. The van der Waals surface area contributed by atoms with Crippen molar-refractivity contribution >= 4 is 10.2 Å². The topological polar surface area (TPSA) is 67.2 Å². The first-order chi connectivity index (χ1) is 11.9. The van der Waals surface area contributed by atoms with Gasteiger partial charge in [-0.1, -0.05) is 26.0 Å². The van der Waals surface area contributed by atoms with Crippen molar-refractivity contribution in [3.63, 3.8) is 0 Å². The lowest BCUT2D eigenvalue weighted by atomic mass is 9.94. The molecule has 1 saturated heterocycles. The fourth-order valence-electron chi connectivity index (χ4n) is 3.45. The smallest absolute Gasteiger partial charge is 0.241 e. The van der Waals surface area contributed by atoms with Crippen LogP contribution < -0.4 is 4.72 Å². The molecule has 1 aromatic carbocycles. The number of rotatable bonds is 6. The Kier molecular flexibility index (Phi) is 5.56. The molecular weight excluding hydrogens is 336 g/mol. The van der Waals surface area contributed by atoms with Crippen LogP contribution in [0.15, 0.2) is 42.7 Å². The summed E-state index contributed by atoms with van der Waals surface area (Å²) in [7, 11) is -3.39. The van der Waals surface area contributed by atoms with E-state index in [-0.39, 0.29) is 0 Å². The van der Waals surface area contributed by atoms with Crippen LogP contribution in [-0.4, -0.2) is 42.1 Å². The Morgan fingerprint density at radius 2 is 1.84 bits per heavy atom. The summed E-state index contributed by atoms with van der Waals surface area (Å²) in [5.41, 5.74) is 2.09. The van der Waals surface area contributed by atoms with E-state index in [2.05, 4.69) is 23.7 Å². The van der Waals surface area contributed by atoms with Crippen molar-refractivity contribution in [1.82, 2.24) is 18.8 Å². The Morgan fingerprint density at radius 3 is 2.44 bits per heavy atom. The zero-order valence-electron chi connectivity index (χ0n) is 14.8. The second-order valence-corrected chi connectivity index (χ2v) is 8.78. The summed E-state index contributed by atoms with van der Waals surface area (Å²) in [6.45, 7) is 5.85. The van der Waals surface area contributed by atoms with E-state index in [0.717, 1.165) is 17.7 Å². The van der Waals surface area contributed by atoms with Crippen molar-refractivity contribution in [3.05, 3.63) is 48.3 Å². The van der Waals surface area contributed by atoms with E-state index in [4.69, 9.17) is 0 Å². The van der Waals surface area contributed by atoms with E-state index in [9.17, 15) is 8.42 Å². The Labute approximate surface area is 150 Å². The second kappa shape index (κ2) is 7.68. The summed E-state index contributed by atoms with van der Waals surface area (Å²) in [6.07, 6.45) is 5.39. The molecule has 0 saturated carbocycles. The zero-order valence-corrected chi connectivity index (χ0v) is 15.6. The van der Waals surface area contributed by atoms with Crippen molar-refractivity contribution in [3.8, 4) is 5.69 Å². The van der Waals surface area contributed by atoms with Gasteiger partial charge in [-0.05, 0) is 48.4 Å². The molecule has 136 valence electrons. The van der Waals surface area contributed by atoms with Crippen LogP contribution in [-0.2, 0) is 16.6 Å². The maximum Gasteiger partial charge on any atom is 0.279 e. The van der Waals surface area contributed by atoms with Gasteiger partial charge in [0.15, 0.2) is 0 Å². The molecule has 1 aromatic heterocycles. The van der Waals surface area contributed by atoms with Gasteiger partial charge in [0.1, 0.15) is 0 Å². The highest BCUT2D eigenvalue weighted by molar-refractivity contribution is 7.87. The largest absolute Gasteiger partial charge is 0.279 e. The van der Waals surface area contributed by atoms with E-state index in [1.54, 1.807) is 15.2 Å². The Bertz CT molecular complexity index is 762. The Morgan fingerprint density at radius 1 is 1.16 bits per heavy atom. The van der Waals surface area contributed by atoms with Gasteiger partial charge >= 0.3 is 0 Å². The summed E-state index contributed by atoms with van der Waals surface area (Å²) in [4.78, 5) is 0. The molecule has 7 heteroatoms. The molecule has 3 rings (SSSR count). The van der Waals surface area contributed by atoms with Crippen LogP contribution >= 0.6 is 0 Å². The maximum atomic E-state index is 12.5. The van der Waals surface area contributed by atoms with Gasteiger partial charge < -0.3 is 0 Å². The third kappa shape index (κ3) is 4.68. The van der Waals surface area contributed by atoms with Crippen molar-refractivity contribution in [1.29, 1.82) is 0 Å². The van der Waals surface area contributed by atoms with E-state index in [0.29, 0.717) is 37.9 Å². The third-order valence-electron chi connectivity index (χ3n) is 4.58. The van der Waals surface area contributed by atoms with Crippen LogP contribution in [0.5, 0.6) is 0 Å². The van der Waals surface area contributed by atoms with Crippen LogP contribution in [0.25, 0.3) is 5.69 Å². The molecular formula is C18H26N4O2S. The van der Waals surface area contributed by atoms with Crippen molar-refractivity contribution in [2.45, 2.75) is 26.7 Å². The van der Waals surface area contributed by atoms with Crippen LogP contribution in [0.1, 0.15) is 25.8 Å². The molecule has 2 unspecified atom stereocenters. The number of piperidine rings is 1. The normalized spacial score (nSPS) is 22.2. The van der Waals surface area contributed by atoms with Gasteiger partial charge in [-0.25, -0.2) is 9.40 Å². The van der Waals surface area contributed by atoms with Crippen LogP contribution in [0.3, 0.4) is 0 Å².